The molecular weight excluding hydrogens is 412 g/mol. The SMILES string of the molecule is Cc1cccc2c(-c3ccncc3)c([C@@H]3CCCN(C(=O)[C@@H](C)CN4CCOCC4)C3)[nH]c12. The number of H-pyrrole nitrogens is 1. The number of aromatic nitrogens is 2. The lowest BCUT2D eigenvalue weighted by Gasteiger charge is -2.36. The lowest BCUT2D eigenvalue weighted by molar-refractivity contribution is -0.137. The first-order valence-corrected chi connectivity index (χ1v) is 12.2. The molecule has 0 saturated carbocycles. The number of hydrogen-bond acceptors (Lipinski definition) is 4. The molecule has 0 radical (unpaired) electrons. The summed E-state index contributed by atoms with van der Waals surface area (Å²) in [6, 6.07) is 10.7. The van der Waals surface area contributed by atoms with Crippen molar-refractivity contribution in [2.24, 2.45) is 5.92 Å². The minimum atomic E-state index is 0.00600. The third-order valence-electron chi connectivity index (χ3n) is 7.24. The molecular formula is C27H34N4O2. The number of morpholine rings is 1. The lowest BCUT2D eigenvalue weighted by atomic mass is 9.89. The molecule has 1 N–H and O–H groups in total. The van der Waals surface area contributed by atoms with E-state index in [-0.39, 0.29) is 11.8 Å². The Bertz CT molecular complexity index is 1100. The second-order valence-electron chi connectivity index (χ2n) is 9.58. The maximum Gasteiger partial charge on any atom is 0.226 e. The zero-order valence-corrected chi connectivity index (χ0v) is 19.7. The minimum absolute atomic E-state index is 0.00600. The molecule has 2 aliphatic heterocycles. The molecule has 5 rings (SSSR count). The van der Waals surface area contributed by atoms with Crippen molar-refractivity contribution in [3.63, 3.8) is 0 Å². The zero-order chi connectivity index (χ0) is 22.8. The summed E-state index contributed by atoms with van der Waals surface area (Å²) in [5, 5.41) is 1.25. The molecule has 4 heterocycles. The number of hydrogen-bond donors (Lipinski definition) is 1. The number of carbonyl (C=O) groups excluding carboxylic acids is 1. The highest BCUT2D eigenvalue weighted by molar-refractivity contribution is 5.99. The standard InChI is InChI=1S/C27H34N4O2/c1-19-5-3-7-23-24(21-8-10-28-11-9-21)26(29-25(19)23)22-6-4-12-31(18-22)27(32)20(2)17-30-13-15-33-16-14-30/h3,5,7-11,20,22,29H,4,6,12-18H2,1-2H3/t20-,22+/m0/s1. The fraction of sp³-hybridized carbons (Fsp3) is 0.481. The van der Waals surface area contributed by atoms with Crippen LogP contribution in [0.2, 0.25) is 0 Å². The number of nitrogens with one attached hydrogen (secondary N) is 1. The molecule has 6 heteroatoms. The Labute approximate surface area is 195 Å². The van der Waals surface area contributed by atoms with Crippen LogP contribution in [0.1, 0.15) is 36.9 Å². The summed E-state index contributed by atoms with van der Waals surface area (Å²) in [6.45, 7) is 10.1. The molecule has 6 nitrogen and oxygen atoms in total. The summed E-state index contributed by atoms with van der Waals surface area (Å²) in [7, 11) is 0. The Morgan fingerprint density at radius 3 is 2.76 bits per heavy atom. The monoisotopic (exact) mass is 446 g/mol. The Hall–Kier alpha value is -2.70. The van der Waals surface area contributed by atoms with Crippen molar-refractivity contribution in [1.82, 2.24) is 19.8 Å². The number of fused-ring (bicyclic) bond motifs is 1. The second-order valence-corrected chi connectivity index (χ2v) is 9.58. The number of aryl methyl sites for hydroxylation is 1. The van der Waals surface area contributed by atoms with Gasteiger partial charge in [-0.05, 0) is 43.0 Å². The number of rotatable bonds is 5. The van der Waals surface area contributed by atoms with Gasteiger partial charge in [-0.25, -0.2) is 0 Å². The van der Waals surface area contributed by atoms with Gasteiger partial charge in [0.2, 0.25) is 5.91 Å². The zero-order valence-electron chi connectivity index (χ0n) is 19.7. The van der Waals surface area contributed by atoms with Gasteiger partial charge in [0, 0.05) is 79.1 Å². The van der Waals surface area contributed by atoms with E-state index in [0.29, 0.717) is 5.92 Å². The molecule has 0 spiro atoms. The smallest absolute Gasteiger partial charge is 0.226 e. The number of piperidine rings is 1. The van der Waals surface area contributed by atoms with Gasteiger partial charge in [0.1, 0.15) is 0 Å². The van der Waals surface area contributed by atoms with Crippen LogP contribution in [0.3, 0.4) is 0 Å². The van der Waals surface area contributed by atoms with Crippen LogP contribution in [0.25, 0.3) is 22.0 Å². The first kappa shape index (κ1) is 22.1. The molecule has 174 valence electrons. The first-order chi connectivity index (χ1) is 16.1. The summed E-state index contributed by atoms with van der Waals surface area (Å²) in [5.74, 6) is 0.587. The molecule has 3 aromatic rings. The van der Waals surface area contributed by atoms with Crippen LogP contribution >= 0.6 is 0 Å². The van der Waals surface area contributed by atoms with E-state index in [0.717, 1.165) is 58.8 Å². The predicted molar refractivity (Wildman–Crippen MR) is 131 cm³/mol. The number of ether oxygens (including phenoxy) is 1. The number of nitrogens with zero attached hydrogens (tertiary/aromatic N) is 3. The number of amides is 1. The Balaban J connectivity index is 1.41. The van der Waals surface area contributed by atoms with Gasteiger partial charge in [0.15, 0.2) is 0 Å². The van der Waals surface area contributed by atoms with E-state index in [9.17, 15) is 4.79 Å². The molecule has 2 aromatic heterocycles. The van der Waals surface area contributed by atoms with E-state index in [2.05, 4.69) is 63.9 Å². The molecule has 0 aliphatic carbocycles. The third-order valence-corrected chi connectivity index (χ3v) is 7.24. The van der Waals surface area contributed by atoms with Crippen LogP contribution in [-0.4, -0.2) is 71.6 Å². The molecule has 2 saturated heterocycles. The molecule has 0 bridgehead atoms. The van der Waals surface area contributed by atoms with E-state index in [1.54, 1.807) is 0 Å². The number of para-hydroxylation sites is 1. The summed E-state index contributed by atoms with van der Waals surface area (Å²) in [6.07, 6.45) is 5.84. The summed E-state index contributed by atoms with van der Waals surface area (Å²) >= 11 is 0. The van der Waals surface area contributed by atoms with E-state index >= 15 is 0 Å². The Morgan fingerprint density at radius 1 is 1.18 bits per heavy atom. The molecule has 33 heavy (non-hydrogen) atoms. The first-order valence-electron chi connectivity index (χ1n) is 12.2. The highest BCUT2D eigenvalue weighted by atomic mass is 16.5. The van der Waals surface area contributed by atoms with Crippen molar-refractivity contribution >= 4 is 16.8 Å². The van der Waals surface area contributed by atoms with Crippen molar-refractivity contribution < 1.29 is 9.53 Å². The van der Waals surface area contributed by atoms with Gasteiger partial charge >= 0.3 is 0 Å². The van der Waals surface area contributed by atoms with Gasteiger partial charge in [0.25, 0.3) is 0 Å². The largest absolute Gasteiger partial charge is 0.379 e. The van der Waals surface area contributed by atoms with Crippen LogP contribution < -0.4 is 0 Å². The van der Waals surface area contributed by atoms with Gasteiger partial charge < -0.3 is 14.6 Å². The average Bonchev–Trinajstić information content (AvgIpc) is 3.26. The lowest BCUT2D eigenvalue weighted by Crippen LogP contribution is -2.46. The van der Waals surface area contributed by atoms with E-state index < -0.39 is 0 Å². The number of pyridine rings is 1. The number of benzene rings is 1. The topological polar surface area (TPSA) is 61.5 Å². The number of carbonyl (C=O) groups is 1. The van der Waals surface area contributed by atoms with Gasteiger partial charge in [-0.15, -0.1) is 0 Å². The van der Waals surface area contributed by atoms with Crippen molar-refractivity contribution in [3.8, 4) is 11.1 Å². The fourth-order valence-corrected chi connectivity index (χ4v) is 5.49. The van der Waals surface area contributed by atoms with Crippen LogP contribution in [0.5, 0.6) is 0 Å². The Morgan fingerprint density at radius 2 is 1.97 bits per heavy atom. The highest BCUT2D eigenvalue weighted by Gasteiger charge is 2.31. The second kappa shape index (κ2) is 9.65. The van der Waals surface area contributed by atoms with Gasteiger partial charge in [-0.2, -0.15) is 0 Å². The van der Waals surface area contributed by atoms with Crippen molar-refractivity contribution in [3.05, 3.63) is 54.0 Å². The molecule has 0 unspecified atom stereocenters. The maximum absolute atomic E-state index is 13.4. The quantitative estimate of drug-likeness (QED) is 0.638. The molecule has 2 aliphatic rings. The summed E-state index contributed by atoms with van der Waals surface area (Å²) in [5.41, 5.74) is 6.14. The van der Waals surface area contributed by atoms with Gasteiger partial charge in [-0.1, -0.05) is 25.1 Å². The Kier molecular flexibility index (Phi) is 6.47. The van der Waals surface area contributed by atoms with Crippen molar-refractivity contribution in [2.75, 3.05) is 45.9 Å². The van der Waals surface area contributed by atoms with Gasteiger partial charge in [-0.3, -0.25) is 14.7 Å². The van der Waals surface area contributed by atoms with E-state index in [1.165, 1.54) is 33.3 Å². The summed E-state index contributed by atoms with van der Waals surface area (Å²) in [4.78, 5) is 25.8. The summed E-state index contributed by atoms with van der Waals surface area (Å²) < 4.78 is 5.46. The van der Waals surface area contributed by atoms with Crippen LogP contribution in [0, 0.1) is 12.8 Å². The molecule has 1 amide bonds. The highest BCUT2D eigenvalue weighted by Crippen LogP contribution is 2.40. The predicted octanol–water partition coefficient (Wildman–Crippen LogP) is 4.21. The van der Waals surface area contributed by atoms with Crippen LogP contribution in [0.4, 0.5) is 0 Å². The third kappa shape index (κ3) is 4.55. The van der Waals surface area contributed by atoms with Crippen molar-refractivity contribution in [2.45, 2.75) is 32.6 Å². The molecule has 1 aromatic carbocycles. The van der Waals surface area contributed by atoms with E-state index in [1.807, 2.05) is 12.4 Å². The number of aromatic amines is 1. The normalized spacial score (nSPS) is 20.8. The molecule has 2 fully saturated rings. The minimum Gasteiger partial charge on any atom is -0.379 e. The van der Waals surface area contributed by atoms with E-state index in [4.69, 9.17) is 4.74 Å². The number of likely N-dealkylation sites (tertiary alicyclic amines) is 1. The molecule has 2 atom stereocenters. The average molecular weight is 447 g/mol. The van der Waals surface area contributed by atoms with Crippen LogP contribution in [0.15, 0.2) is 42.7 Å². The fourth-order valence-electron chi connectivity index (χ4n) is 5.49. The maximum atomic E-state index is 13.4. The van der Waals surface area contributed by atoms with Crippen molar-refractivity contribution in [1.29, 1.82) is 0 Å². The van der Waals surface area contributed by atoms with Crippen LogP contribution in [-0.2, 0) is 9.53 Å². The van der Waals surface area contributed by atoms with Gasteiger partial charge in [0.05, 0.1) is 13.2 Å².